The lowest BCUT2D eigenvalue weighted by atomic mass is 10.1. The molecular formula is C24H34N11O9P. The summed E-state index contributed by atoms with van der Waals surface area (Å²) in [5.41, 5.74) is 16.2. The molecule has 2 aliphatic rings. The van der Waals surface area contributed by atoms with Crippen LogP contribution in [0.4, 0.5) is 0 Å². The van der Waals surface area contributed by atoms with Gasteiger partial charge < -0.3 is 9.47 Å². The molecule has 0 amide bonds. The quantitative estimate of drug-likeness (QED) is 0.0880. The van der Waals surface area contributed by atoms with Crippen LogP contribution in [0.1, 0.15) is 56.2 Å². The van der Waals surface area contributed by atoms with Crippen molar-refractivity contribution in [1.29, 1.82) is 0 Å². The molecule has 4 rings (SSSR count). The van der Waals surface area contributed by atoms with Crippen LogP contribution in [0.2, 0.25) is 0 Å². The number of aromatic nitrogens is 4. The van der Waals surface area contributed by atoms with E-state index in [-0.39, 0.29) is 43.7 Å². The van der Waals surface area contributed by atoms with Gasteiger partial charge >= 0.3 is 19.1 Å². The van der Waals surface area contributed by atoms with Crippen LogP contribution < -0.4 is 27.6 Å². The molecule has 6 atom stereocenters. The van der Waals surface area contributed by atoms with Crippen LogP contribution in [0.5, 0.6) is 0 Å². The van der Waals surface area contributed by atoms with Gasteiger partial charge in [-0.15, -0.1) is 0 Å². The Labute approximate surface area is 254 Å². The molecule has 2 aliphatic heterocycles. The highest BCUT2D eigenvalue weighted by molar-refractivity contribution is 7.51. The molecule has 2 aromatic rings. The number of ether oxygens (including phenoxy) is 2. The Hall–Kier alpha value is -3.99. The van der Waals surface area contributed by atoms with E-state index in [2.05, 4.69) is 35.1 Å². The molecule has 45 heavy (non-hydrogen) atoms. The third-order valence-corrected chi connectivity index (χ3v) is 8.96. The van der Waals surface area contributed by atoms with Crippen molar-refractivity contribution in [2.45, 2.75) is 83.2 Å². The van der Waals surface area contributed by atoms with E-state index in [0.29, 0.717) is 6.42 Å². The summed E-state index contributed by atoms with van der Waals surface area (Å²) < 4.78 is 39.5. The number of nitrogens with zero attached hydrogens (tertiary/aromatic N) is 8. The summed E-state index contributed by atoms with van der Waals surface area (Å²) in [5, 5.41) is 10.3. The molecule has 3 N–H and O–H groups in total. The van der Waals surface area contributed by atoms with Crippen LogP contribution in [0.25, 0.3) is 20.9 Å². The fraction of sp³-hybridized carbons (Fsp3) is 0.667. The lowest BCUT2D eigenvalue weighted by Crippen LogP contribution is -2.34. The second-order valence-electron chi connectivity index (χ2n) is 10.6. The van der Waals surface area contributed by atoms with Gasteiger partial charge in [0.15, 0.2) is 0 Å². The van der Waals surface area contributed by atoms with Crippen LogP contribution >= 0.6 is 7.75 Å². The van der Waals surface area contributed by atoms with Gasteiger partial charge in [0.25, 0.3) is 11.1 Å². The zero-order valence-electron chi connectivity index (χ0n) is 24.8. The van der Waals surface area contributed by atoms with Gasteiger partial charge in [-0.25, -0.2) is 19.2 Å². The number of azide groups is 2. The molecule has 2 saturated heterocycles. The van der Waals surface area contributed by atoms with E-state index < -0.39 is 67.0 Å². The average molecular weight is 652 g/mol. The highest BCUT2D eigenvalue weighted by Gasteiger charge is 2.41. The van der Waals surface area contributed by atoms with Crippen LogP contribution in [-0.4, -0.2) is 63.2 Å². The molecule has 0 bridgehead atoms. The van der Waals surface area contributed by atoms with Gasteiger partial charge in [0.1, 0.15) is 12.5 Å². The highest BCUT2D eigenvalue weighted by Crippen LogP contribution is 2.46. The number of unbranched alkanes of at least 4 members (excludes halogenated alkanes) is 1. The molecule has 0 radical (unpaired) electrons. The van der Waals surface area contributed by atoms with Gasteiger partial charge in [-0.1, -0.05) is 23.6 Å². The Kier molecular flexibility index (Phi) is 11.2. The van der Waals surface area contributed by atoms with E-state index in [0.717, 1.165) is 6.42 Å². The number of hydrogen-bond acceptors (Lipinski definition) is 11. The summed E-state index contributed by atoms with van der Waals surface area (Å²) in [6.45, 7) is 4.50. The predicted molar refractivity (Wildman–Crippen MR) is 157 cm³/mol. The first-order chi connectivity index (χ1) is 21.5. The summed E-state index contributed by atoms with van der Waals surface area (Å²) >= 11 is 0. The molecular weight excluding hydrogens is 617 g/mol. The lowest BCUT2D eigenvalue weighted by molar-refractivity contribution is -0.0353. The Morgan fingerprint density at radius 3 is 1.76 bits per heavy atom. The van der Waals surface area contributed by atoms with Crippen molar-refractivity contribution in [3.63, 3.8) is 0 Å². The summed E-state index contributed by atoms with van der Waals surface area (Å²) in [5.74, 6) is 0. The van der Waals surface area contributed by atoms with E-state index in [1.165, 1.54) is 35.4 Å². The smallest absolute Gasteiger partial charge is 0.352 e. The maximum Gasteiger partial charge on any atom is 0.405 e. The lowest BCUT2D eigenvalue weighted by Gasteiger charge is -2.24. The van der Waals surface area contributed by atoms with E-state index >= 15 is 0 Å². The molecule has 0 aromatic carbocycles. The van der Waals surface area contributed by atoms with E-state index in [1.54, 1.807) is 0 Å². The van der Waals surface area contributed by atoms with Crippen molar-refractivity contribution >= 4 is 7.75 Å². The monoisotopic (exact) mass is 651 g/mol. The van der Waals surface area contributed by atoms with Crippen molar-refractivity contribution < 1.29 is 23.1 Å². The van der Waals surface area contributed by atoms with Gasteiger partial charge in [0, 0.05) is 52.7 Å². The Morgan fingerprint density at radius 1 is 0.911 bits per heavy atom. The number of aryl methyl sites for hydroxylation is 2. The summed E-state index contributed by atoms with van der Waals surface area (Å²) in [4.78, 5) is 58.5. The van der Waals surface area contributed by atoms with E-state index in [1.807, 2.05) is 6.92 Å². The molecule has 21 heteroatoms. The van der Waals surface area contributed by atoms with Crippen molar-refractivity contribution in [2.24, 2.45) is 10.2 Å². The van der Waals surface area contributed by atoms with Gasteiger partial charge in [-0.2, -0.15) is 0 Å². The van der Waals surface area contributed by atoms with Gasteiger partial charge in [0.2, 0.25) is 0 Å². The fourth-order valence-electron chi connectivity index (χ4n) is 4.91. The number of aromatic amines is 2. The first kappa shape index (κ1) is 33.9. The first-order valence-corrected chi connectivity index (χ1v) is 15.7. The molecule has 0 saturated carbocycles. The summed E-state index contributed by atoms with van der Waals surface area (Å²) in [6.07, 6.45) is 0.539. The Bertz CT molecular complexity index is 1640. The van der Waals surface area contributed by atoms with Gasteiger partial charge in [0.05, 0.1) is 37.5 Å². The van der Waals surface area contributed by atoms with Crippen LogP contribution in [-0.2, 0) is 23.1 Å². The van der Waals surface area contributed by atoms with E-state index in [4.69, 9.17) is 29.6 Å². The van der Waals surface area contributed by atoms with Crippen molar-refractivity contribution in [1.82, 2.24) is 24.2 Å². The third-order valence-electron chi connectivity index (χ3n) is 7.37. The number of hydrogen-bond donors (Lipinski definition) is 3. The maximum absolute atomic E-state index is 13.8. The molecule has 4 heterocycles. The zero-order chi connectivity index (χ0) is 32.7. The molecule has 244 valence electrons. The minimum absolute atomic E-state index is 0.0760. The molecule has 0 aliphatic carbocycles. The van der Waals surface area contributed by atoms with Crippen LogP contribution in [0, 0.1) is 13.8 Å². The Balaban J connectivity index is 1.49. The summed E-state index contributed by atoms with van der Waals surface area (Å²) in [6, 6.07) is -1.62. The number of rotatable bonds is 14. The van der Waals surface area contributed by atoms with Gasteiger partial charge in [-0.3, -0.25) is 37.7 Å². The standard InChI is InChI=1S/C24H34N11O9P/c1-4-5-6-27-45(40,41-11-17-15(30-32-25)7-19(43-17)34-9-13(2)21(36)28-23(34)38)42-12-18-16(31-33-26)8-20(44-18)35-10-14(3)22(37)29-24(35)39/h9-10,15-20H,4-8,11-12H2,1-3H3,(H,27,40)(H,28,36,38)(H,29,37,39)/t15-,16-,17+,18+,19+,20+/m0/s1. The second-order valence-corrected chi connectivity index (χ2v) is 12.4. The van der Waals surface area contributed by atoms with E-state index in [9.17, 15) is 23.7 Å². The topological polar surface area (TPSA) is 273 Å². The van der Waals surface area contributed by atoms with Crippen LogP contribution in [0.3, 0.4) is 0 Å². The fourth-order valence-corrected chi connectivity index (χ4v) is 6.29. The molecule has 0 spiro atoms. The SMILES string of the molecule is CCCCNP(=O)(OC[C@H]1O[C@@H](n2cc(C)c(=O)[nH]c2=O)C[C@@H]1N=[N+]=[N-])OC[C@H]1O[C@@H](n2cc(C)c(=O)[nH]c2=O)C[C@@H]1N=[N+]=[N-]. The van der Waals surface area contributed by atoms with Gasteiger partial charge in [-0.05, 0) is 31.3 Å². The van der Waals surface area contributed by atoms with Crippen molar-refractivity contribution in [3.05, 3.63) is 86.1 Å². The van der Waals surface area contributed by atoms with Crippen molar-refractivity contribution in [2.75, 3.05) is 19.8 Å². The predicted octanol–water partition coefficient (Wildman–Crippen LogP) is 2.17. The maximum atomic E-state index is 13.8. The second kappa shape index (κ2) is 14.9. The summed E-state index contributed by atoms with van der Waals surface area (Å²) in [7, 11) is -4.09. The average Bonchev–Trinajstić information content (AvgIpc) is 3.59. The minimum atomic E-state index is -4.09. The van der Waals surface area contributed by atoms with Crippen molar-refractivity contribution in [3.8, 4) is 0 Å². The normalized spacial score (nSPS) is 25.8. The minimum Gasteiger partial charge on any atom is -0.352 e. The Morgan fingerprint density at radius 2 is 1.36 bits per heavy atom. The molecule has 0 unspecified atom stereocenters. The third kappa shape index (κ3) is 8.19. The number of H-pyrrole nitrogens is 2. The number of nitrogens with one attached hydrogen (secondary N) is 3. The largest absolute Gasteiger partial charge is 0.405 e. The molecule has 2 fully saturated rings. The molecule has 2 aromatic heterocycles. The zero-order valence-corrected chi connectivity index (χ0v) is 25.7. The van der Waals surface area contributed by atoms with Crippen LogP contribution in [0.15, 0.2) is 41.8 Å². The first-order valence-electron chi connectivity index (χ1n) is 14.2. The molecule has 20 nitrogen and oxygen atoms in total. The highest BCUT2D eigenvalue weighted by atomic mass is 31.2.